The van der Waals surface area contributed by atoms with Crippen molar-refractivity contribution in [2.75, 3.05) is 11.9 Å². The van der Waals surface area contributed by atoms with E-state index in [1.807, 2.05) is 5.10 Å². The molecule has 1 aromatic rings. The van der Waals surface area contributed by atoms with Gasteiger partial charge in [0.2, 0.25) is 11.9 Å². The van der Waals surface area contributed by atoms with Gasteiger partial charge in [0, 0.05) is 31.4 Å². The van der Waals surface area contributed by atoms with E-state index in [9.17, 15) is 31.9 Å². The summed E-state index contributed by atoms with van der Waals surface area (Å²) in [5.74, 6) is -4.66. The molecule has 158 valence electrons. The molecule has 0 radical (unpaired) electrons. The monoisotopic (exact) mass is 411 g/mol. The van der Waals surface area contributed by atoms with Crippen molar-refractivity contribution in [1.82, 2.24) is 15.5 Å². The fourth-order valence-electron chi connectivity index (χ4n) is 2.55. The highest BCUT2D eigenvalue weighted by Crippen LogP contribution is 2.36. The summed E-state index contributed by atoms with van der Waals surface area (Å²) >= 11 is 0. The normalized spacial score (nSPS) is 18.8. The molecule has 0 aliphatic heterocycles. The molecule has 1 aromatic heterocycles. The number of carbonyl (C=O) groups is 1. The maximum absolute atomic E-state index is 13.2. The minimum absolute atomic E-state index is 0.0330. The van der Waals surface area contributed by atoms with Gasteiger partial charge in [0.25, 0.3) is 5.91 Å². The van der Waals surface area contributed by atoms with Crippen molar-refractivity contribution in [3.05, 3.63) is 11.8 Å². The van der Waals surface area contributed by atoms with Gasteiger partial charge in [0.05, 0.1) is 5.60 Å². The second-order valence-corrected chi connectivity index (χ2v) is 7.38. The summed E-state index contributed by atoms with van der Waals surface area (Å²) in [6, 6.07) is 0.687. The van der Waals surface area contributed by atoms with E-state index in [-0.39, 0.29) is 31.2 Å². The number of halogens is 5. The van der Waals surface area contributed by atoms with Crippen molar-refractivity contribution in [1.29, 1.82) is 0 Å². The predicted molar refractivity (Wildman–Crippen MR) is 90.9 cm³/mol. The van der Waals surface area contributed by atoms with Gasteiger partial charge in [-0.15, -0.1) is 0 Å². The molecular formula is C16H22F5N5O2. The molecule has 4 N–H and O–H groups in total. The van der Waals surface area contributed by atoms with Gasteiger partial charge in [-0.25, -0.2) is 8.78 Å². The minimum Gasteiger partial charge on any atom is -0.389 e. The van der Waals surface area contributed by atoms with E-state index in [0.29, 0.717) is 6.07 Å². The average molecular weight is 411 g/mol. The third-order valence-corrected chi connectivity index (χ3v) is 4.11. The van der Waals surface area contributed by atoms with Crippen LogP contribution in [0, 0.1) is 5.92 Å². The Hall–Kier alpha value is -2.24. The number of amides is 1. The Kier molecular flexibility index (Phi) is 6.31. The third kappa shape index (κ3) is 6.73. The van der Waals surface area contributed by atoms with Gasteiger partial charge < -0.3 is 15.7 Å². The molecule has 28 heavy (non-hydrogen) atoms. The fraction of sp³-hybridized carbons (Fsp3) is 0.688. The van der Waals surface area contributed by atoms with Crippen LogP contribution in [0.5, 0.6) is 0 Å². The number of hydrogen-bond donors (Lipinski definition) is 4. The van der Waals surface area contributed by atoms with Crippen molar-refractivity contribution in [2.24, 2.45) is 10.9 Å². The van der Waals surface area contributed by atoms with E-state index in [4.69, 9.17) is 0 Å². The van der Waals surface area contributed by atoms with E-state index in [1.54, 1.807) is 0 Å². The van der Waals surface area contributed by atoms with E-state index in [2.05, 4.69) is 20.7 Å². The molecule has 0 atom stereocenters. The molecule has 1 heterocycles. The molecule has 0 saturated heterocycles. The van der Waals surface area contributed by atoms with Crippen LogP contribution >= 0.6 is 0 Å². The number of aromatic nitrogens is 2. The standard InChI is InChI=1S/C16H22F5N5O2/c1-14(2,28)8-22-13(23-11-7-10(25-26-11)16(19,20)21)24-12(27)9-3-5-15(17,18)6-4-9/h7,9,28H,3-6,8H2,1-2H3,(H3,22,23,24,25,26,27). The number of anilines is 1. The third-order valence-electron chi connectivity index (χ3n) is 4.11. The second kappa shape index (κ2) is 8.02. The van der Waals surface area contributed by atoms with Gasteiger partial charge in [0.15, 0.2) is 5.82 Å². The van der Waals surface area contributed by atoms with Crippen molar-refractivity contribution in [3.8, 4) is 0 Å². The zero-order valence-corrected chi connectivity index (χ0v) is 15.3. The lowest BCUT2D eigenvalue weighted by Gasteiger charge is -2.26. The lowest BCUT2D eigenvalue weighted by atomic mass is 9.86. The summed E-state index contributed by atoms with van der Waals surface area (Å²) < 4.78 is 64.5. The van der Waals surface area contributed by atoms with Crippen LogP contribution in [0.1, 0.15) is 45.2 Å². The molecule has 0 bridgehead atoms. The summed E-state index contributed by atoms with van der Waals surface area (Å²) in [5.41, 5.74) is -2.31. The van der Waals surface area contributed by atoms with Gasteiger partial charge in [-0.2, -0.15) is 23.3 Å². The highest BCUT2D eigenvalue weighted by Gasteiger charge is 2.37. The van der Waals surface area contributed by atoms with Crippen LogP contribution in [0.2, 0.25) is 0 Å². The molecular weight excluding hydrogens is 389 g/mol. The number of carbonyl (C=O) groups excluding carboxylic acids is 1. The molecule has 0 aromatic carbocycles. The number of hydrogen-bond acceptors (Lipinski definition) is 3. The highest BCUT2D eigenvalue weighted by atomic mass is 19.4. The van der Waals surface area contributed by atoms with Crippen LogP contribution < -0.4 is 10.6 Å². The van der Waals surface area contributed by atoms with E-state index in [1.165, 1.54) is 13.8 Å². The second-order valence-electron chi connectivity index (χ2n) is 7.38. The van der Waals surface area contributed by atoms with Crippen molar-refractivity contribution in [3.63, 3.8) is 0 Å². The van der Waals surface area contributed by atoms with Gasteiger partial charge in [-0.3, -0.25) is 9.89 Å². The number of H-pyrrole nitrogens is 1. The zero-order chi connectivity index (χ0) is 21.2. The number of aliphatic imine (C=N–C) groups is 1. The summed E-state index contributed by atoms with van der Waals surface area (Å²) in [6.45, 7) is 2.86. The first-order chi connectivity index (χ1) is 12.8. The molecule has 0 spiro atoms. The lowest BCUT2D eigenvalue weighted by molar-refractivity contribution is -0.141. The molecule has 1 fully saturated rings. The molecule has 2 rings (SSSR count). The summed E-state index contributed by atoms with van der Waals surface area (Å²) in [7, 11) is 0. The Morgan fingerprint density at radius 2 is 1.96 bits per heavy atom. The first-order valence-corrected chi connectivity index (χ1v) is 8.61. The molecule has 1 saturated carbocycles. The van der Waals surface area contributed by atoms with Crippen LogP contribution in [0.3, 0.4) is 0 Å². The predicted octanol–water partition coefficient (Wildman–Crippen LogP) is 2.91. The van der Waals surface area contributed by atoms with Gasteiger partial charge in [-0.05, 0) is 26.7 Å². The van der Waals surface area contributed by atoms with Gasteiger partial charge >= 0.3 is 6.18 Å². The Balaban J connectivity index is 2.13. The summed E-state index contributed by atoms with van der Waals surface area (Å²) in [4.78, 5) is 16.1. The average Bonchev–Trinajstić information content (AvgIpc) is 3.00. The van der Waals surface area contributed by atoms with Crippen molar-refractivity contribution < 1.29 is 31.9 Å². The zero-order valence-electron chi connectivity index (χ0n) is 15.3. The number of nitrogens with one attached hydrogen (secondary N) is 3. The number of guanidine groups is 1. The topological polar surface area (TPSA) is 102 Å². The van der Waals surface area contributed by atoms with Crippen LogP contribution in [0.15, 0.2) is 11.1 Å². The molecule has 7 nitrogen and oxygen atoms in total. The van der Waals surface area contributed by atoms with E-state index < -0.39 is 48.1 Å². The first-order valence-electron chi connectivity index (χ1n) is 8.61. The Bertz CT molecular complexity index is 714. The van der Waals surface area contributed by atoms with Crippen LogP contribution in [-0.2, 0) is 11.0 Å². The SMILES string of the molecule is CC(C)(O)CN/C(=N/C(=O)C1CCC(F)(F)CC1)Nc1cc(C(F)(F)F)[nH]n1. The quantitative estimate of drug-likeness (QED) is 0.347. The van der Waals surface area contributed by atoms with Crippen molar-refractivity contribution >= 4 is 17.7 Å². The first kappa shape index (κ1) is 22.1. The Labute approximate surface area is 157 Å². The summed E-state index contributed by atoms with van der Waals surface area (Å²) in [6.07, 6.45) is -5.54. The Morgan fingerprint density at radius 1 is 1.36 bits per heavy atom. The molecule has 1 amide bonds. The number of nitrogens with zero attached hydrogens (tertiary/aromatic N) is 2. The number of aromatic amines is 1. The van der Waals surface area contributed by atoms with Crippen LogP contribution in [0.4, 0.5) is 27.8 Å². The number of alkyl halides is 5. The fourth-order valence-corrected chi connectivity index (χ4v) is 2.55. The maximum Gasteiger partial charge on any atom is 0.432 e. The molecule has 0 unspecified atom stereocenters. The number of aliphatic hydroxyl groups is 1. The summed E-state index contributed by atoms with van der Waals surface area (Å²) in [5, 5.41) is 20.1. The van der Waals surface area contributed by atoms with Gasteiger partial charge in [-0.1, -0.05) is 0 Å². The van der Waals surface area contributed by atoms with E-state index >= 15 is 0 Å². The number of rotatable bonds is 4. The van der Waals surface area contributed by atoms with Gasteiger partial charge in [0.1, 0.15) is 5.69 Å². The van der Waals surface area contributed by atoms with Crippen molar-refractivity contribution in [2.45, 2.75) is 57.2 Å². The highest BCUT2D eigenvalue weighted by molar-refractivity contribution is 6.01. The van der Waals surface area contributed by atoms with Crippen LogP contribution in [0.25, 0.3) is 0 Å². The largest absolute Gasteiger partial charge is 0.432 e. The lowest BCUT2D eigenvalue weighted by Crippen LogP contribution is -2.42. The molecule has 12 heteroatoms. The molecule has 1 aliphatic rings. The Morgan fingerprint density at radius 3 is 2.46 bits per heavy atom. The smallest absolute Gasteiger partial charge is 0.389 e. The maximum atomic E-state index is 13.2. The minimum atomic E-state index is -4.63. The molecule has 1 aliphatic carbocycles. The van der Waals surface area contributed by atoms with E-state index in [0.717, 1.165) is 0 Å². The van der Waals surface area contributed by atoms with Crippen LogP contribution in [-0.4, -0.2) is 45.2 Å².